The van der Waals surface area contributed by atoms with Crippen LogP contribution in [0.5, 0.6) is 0 Å². The average Bonchev–Trinajstić information content (AvgIpc) is 3.30. The van der Waals surface area contributed by atoms with Gasteiger partial charge in [0.15, 0.2) is 0 Å². The molecule has 8 nitrogen and oxygen atoms in total. The molecule has 1 saturated heterocycles. The molecule has 1 aromatic carbocycles. The lowest BCUT2D eigenvalue weighted by Gasteiger charge is -2.40. The first-order chi connectivity index (χ1) is 15.4. The molecule has 3 heterocycles. The first-order valence-electron chi connectivity index (χ1n) is 10.8. The largest absolute Gasteiger partial charge is 0.369 e. The van der Waals surface area contributed by atoms with Gasteiger partial charge in [-0.3, -0.25) is 9.59 Å². The summed E-state index contributed by atoms with van der Waals surface area (Å²) in [5.41, 5.74) is 8.59. The fraction of sp³-hybridized carbons (Fsp3) is 0.375. The number of likely N-dealkylation sites (tertiary alicyclic amines) is 1. The third-order valence-electron chi connectivity index (χ3n) is 6.14. The summed E-state index contributed by atoms with van der Waals surface area (Å²) in [6.07, 6.45) is 6.68. The number of carbonyl (C=O) groups is 2. The van der Waals surface area contributed by atoms with Crippen LogP contribution in [-0.4, -0.2) is 44.9 Å². The molecule has 1 atom stereocenters. The molecule has 1 aliphatic rings. The predicted molar refractivity (Wildman–Crippen MR) is 119 cm³/mol. The van der Waals surface area contributed by atoms with E-state index in [0.29, 0.717) is 25.8 Å². The summed E-state index contributed by atoms with van der Waals surface area (Å²) in [5.74, 6) is -0.324. The Hall–Kier alpha value is -3.55. The van der Waals surface area contributed by atoms with Crippen LogP contribution in [0.1, 0.15) is 54.4 Å². The number of aromatic nitrogens is 3. The van der Waals surface area contributed by atoms with Crippen molar-refractivity contribution in [3.05, 3.63) is 66.1 Å². The van der Waals surface area contributed by atoms with E-state index in [1.807, 2.05) is 38.1 Å². The Morgan fingerprint density at radius 3 is 2.66 bits per heavy atom. The molecule has 166 valence electrons. The minimum Gasteiger partial charge on any atom is -0.369 e. The highest BCUT2D eigenvalue weighted by Gasteiger charge is 2.43. The molecule has 1 fully saturated rings. The number of hydrogen-bond donors (Lipinski definition) is 1. The van der Waals surface area contributed by atoms with Gasteiger partial charge in [-0.1, -0.05) is 43.3 Å². The molecule has 4 rings (SSSR count). The maximum absolute atomic E-state index is 13.1. The second kappa shape index (κ2) is 8.90. The molecule has 2 N–H and O–H groups in total. The van der Waals surface area contributed by atoms with Crippen LogP contribution in [0.25, 0.3) is 11.1 Å². The van der Waals surface area contributed by atoms with Gasteiger partial charge in [-0.05, 0) is 36.3 Å². The molecule has 2 amide bonds. The summed E-state index contributed by atoms with van der Waals surface area (Å²) in [4.78, 5) is 35.7. The molecule has 0 bridgehead atoms. The van der Waals surface area contributed by atoms with Crippen LogP contribution in [0.15, 0.2) is 53.6 Å². The van der Waals surface area contributed by atoms with Crippen molar-refractivity contribution in [3.63, 3.8) is 0 Å². The fourth-order valence-electron chi connectivity index (χ4n) is 4.31. The number of benzene rings is 1. The zero-order chi connectivity index (χ0) is 22.7. The Balaban J connectivity index is 1.62. The Bertz CT molecular complexity index is 1110. The first kappa shape index (κ1) is 21.7. The van der Waals surface area contributed by atoms with Crippen LogP contribution in [-0.2, 0) is 11.2 Å². The molecule has 0 aliphatic carbocycles. The third-order valence-corrected chi connectivity index (χ3v) is 6.14. The number of rotatable bonds is 6. The highest BCUT2D eigenvalue weighted by atomic mass is 16.5. The van der Waals surface area contributed by atoms with Crippen LogP contribution in [0.4, 0.5) is 0 Å². The van der Waals surface area contributed by atoms with Gasteiger partial charge in [0.05, 0.1) is 11.1 Å². The number of amides is 2. The van der Waals surface area contributed by atoms with E-state index < -0.39 is 11.3 Å². The van der Waals surface area contributed by atoms with Crippen LogP contribution < -0.4 is 5.73 Å². The minimum absolute atomic E-state index is 0.157. The number of hydrogen-bond acceptors (Lipinski definition) is 6. The molecule has 1 unspecified atom stereocenters. The second-order valence-electron chi connectivity index (χ2n) is 8.71. The van der Waals surface area contributed by atoms with Crippen molar-refractivity contribution in [2.75, 3.05) is 13.1 Å². The van der Waals surface area contributed by atoms with Crippen molar-refractivity contribution >= 4 is 11.8 Å². The van der Waals surface area contributed by atoms with Crippen molar-refractivity contribution < 1.29 is 14.1 Å². The number of primary amides is 1. The van der Waals surface area contributed by atoms with Crippen LogP contribution in [0, 0.1) is 5.41 Å². The Morgan fingerprint density at radius 1 is 1.22 bits per heavy atom. The van der Waals surface area contributed by atoms with Crippen molar-refractivity contribution in [3.8, 4) is 11.1 Å². The van der Waals surface area contributed by atoms with Crippen molar-refractivity contribution in [1.82, 2.24) is 20.0 Å². The van der Waals surface area contributed by atoms with Crippen LogP contribution in [0.3, 0.4) is 0 Å². The molecule has 32 heavy (non-hydrogen) atoms. The predicted octanol–water partition coefficient (Wildman–Crippen LogP) is 3.21. The van der Waals surface area contributed by atoms with E-state index in [-0.39, 0.29) is 24.1 Å². The Kier molecular flexibility index (Phi) is 6.03. The van der Waals surface area contributed by atoms with Gasteiger partial charge in [0.25, 0.3) is 5.91 Å². The summed E-state index contributed by atoms with van der Waals surface area (Å²) in [7, 11) is 0. The minimum atomic E-state index is -0.874. The van der Waals surface area contributed by atoms with E-state index in [0.717, 1.165) is 22.4 Å². The first-order valence-corrected chi connectivity index (χ1v) is 10.8. The summed E-state index contributed by atoms with van der Waals surface area (Å²) < 4.78 is 5.29. The van der Waals surface area contributed by atoms with Crippen LogP contribution >= 0.6 is 0 Å². The topological polar surface area (TPSA) is 115 Å². The fourth-order valence-corrected chi connectivity index (χ4v) is 4.31. The zero-order valence-electron chi connectivity index (χ0n) is 18.3. The number of carbonyl (C=O) groups excluding carboxylic acids is 2. The van der Waals surface area contributed by atoms with E-state index >= 15 is 0 Å². The van der Waals surface area contributed by atoms with Crippen molar-refractivity contribution in [2.24, 2.45) is 11.1 Å². The SMILES string of the molecule is CC(C)c1cc(C(=O)N2CCCC(Cc3ccccc3-c3cncnc3)(C(N)=O)C2)on1. The highest BCUT2D eigenvalue weighted by Crippen LogP contribution is 2.37. The maximum Gasteiger partial charge on any atom is 0.292 e. The van der Waals surface area contributed by atoms with Gasteiger partial charge in [0, 0.05) is 37.1 Å². The lowest BCUT2D eigenvalue weighted by atomic mass is 9.73. The molecule has 3 aromatic rings. The quantitative estimate of drug-likeness (QED) is 0.638. The van der Waals surface area contributed by atoms with E-state index in [9.17, 15) is 9.59 Å². The third kappa shape index (κ3) is 4.26. The molecule has 2 aromatic heterocycles. The summed E-state index contributed by atoms with van der Waals surface area (Å²) >= 11 is 0. The summed E-state index contributed by atoms with van der Waals surface area (Å²) in [6.45, 7) is 4.75. The number of nitrogens with zero attached hydrogens (tertiary/aromatic N) is 4. The van der Waals surface area contributed by atoms with E-state index in [2.05, 4.69) is 15.1 Å². The van der Waals surface area contributed by atoms with Gasteiger partial charge in [-0.15, -0.1) is 0 Å². The van der Waals surface area contributed by atoms with E-state index in [4.69, 9.17) is 10.3 Å². The van der Waals surface area contributed by atoms with Gasteiger partial charge in [-0.25, -0.2) is 9.97 Å². The Morgan fingerprint density at radius 2 is 1.97 bits per heavy atom. The molecular formula is C24H27N5O3. The number of piperidine rings is 1. The molecule has 0 saturated carbocycles. The van der Waals surface area contributed by atoms with Gasteiger partial charge >= 0.3 is 0 Å². The van der Waals surface area contributed by atoms with Crippen molar-refractivity contribution in [1.29, 1.82) is 0 Å². The highest BCUT2D eigenvalue weighted by molar-refractivity contribution is 5.92. The normalized spacial score (nSPS) is 18.7. The average molecular weight is 434 g/mol. The monoisotopic (exact) mass is 433 g/mol. The summed E-state index contributed by atoms with van der Waals surface area (Å²) in [5, 5.41) is 3.99. The molecular weight excluding hydrogens is 406 g/mol. The van der Waals surface area contributed by atoms with Gasteiger partial charge < -0.3 is 15.2 Å². The van der Waals surface area contributed by atoms with E-state index in [1.165, 1.54) is 6.33 Å². The smallest absolute Gasteiger partial charge is 0.292 e. The number of nitrogens with two attached hydrogens (primary N) is 1. The van der Waals surface area contributed by atoms with Gasteiger partial charge in [-0.2, -0.15) is 0 Å². The van der Waals surface area contributed by atoms with Crippen molar-refractivity contribution in [2.45, 2.75) is 39.0 Å². The second-order valence-corrected chi connectivity index (χ2v) is 8.71. The summed E-state index contributed by atoms with van der Waals surface area (Å²) in [6, 6.07) is 9.52. The lowest BCUT2D eigenvalue weighted by Crippen LogP contribution is -2.53. The Labute approximate surface area is 186 Å². The standard InChI is InChI=1S/C24H27N5O3/c1-16(2)20-10-21(32-28-20)22(30)29-9-5-8-24(14-29,23(25)31)11-17-6-3-4-7-19(17)18-12-26-15-27-13-18/h3-4,6-7,10,12-13,15-16H,5,8-9,11,14H2,1-2H3,(H2,25,31). The maximum atomic E-state index is 13.1. The van der Waals surface area contributed by atoms with Gasteiger partial charge in [0.1, 0.15) is 6.33 Å². The molecule has 1 aliphatic heterocycles. The van der Waals surface area contributed by atoms with E-state index in [1.54, 1.807) is 23.4 Å². The lowest BCUT2D eigenvalue weighted by molar-refractivity contribution is -0.130. The zero-order valence-corrected chi connectivity index (χ0v) is 18.3. The van der Waals surface area contributed by atoms with Crippen LogP contribution in [0.2, 0.25) is 0 Å². The molecule has 8 heteroatoms. The molecule has 0 radical (unpaired) electrons. The molecule has 0 spiro atoms. The van der Waals surface area contributed by atoms with Gasteiger partial charge in [0.2, 0.25) is 11.7 Å².